The minimum absolute atomic E-state index is 0.319. The molecule has 0 radical (unpaired) electrons. The Hall–Kier alpha value is -2.58. The van der Waals surface area contributed by atoms with Gasteiger partial charge in [0.25, 0.3) is 0 Å². The summed E-state index contributed by atoms with van der Waals surface area (Å²) in [4.78, 5) is 0. The van der Waals surface area contributed by atoms with Crippen molar-refractivity contribution in [2.75, 3.05) is 12.3 Å². The Morgan fingerprint density at radius 1 is 0.696 bits per heavy atom. The third-order valence-electron chi connectivity index (χ3n) is 3.50. The van der Waals surface area contributed by atoms with Crippen molar-refractivity contribution in [3.05, 3.63) is 78.9 Å². The predicted molar refractivity (Wildman–Crippen MR) is 99.1 cm³/mol. The molecule has 0 saturated carbocycles. The molecule has 3 N–H and O–H groups in total. The Morgan fingerprint density at radius 3 is 1.43 bits per heavy atom. The summed E-state index contributed by atoms with van der Waals surface area (Å²) in [5.74, 6) is 0. The van der Waals surface area contributed by atoms with Crippen LogP contribution in [-0.4, -0.2) is 11.7 Å². The molecule has 0 heterocycles. The van der Waals surface area contributed by atoms with Crippen LogP contribution in [0.4, 0.5) is 5.69 Å². The molecule has 2 nitrogen and oxygen atoms in total. The molecule has 3 aromatic rings. The summed E-state index contributed by atoms with van der Waals surface area (Å²) >= 11 is 0. The molecule has 0 fully saturated rings. The molecule has 0 aliphatic heterocycles. The summed E-state index contributed by atoms with van der Waals surface area (Å²) in [6, 6.07) is 26.7. The van der Waals surface area contributed by atoms with Gasteiger partial charge in [-0.25, -0.2) is 0 Å². The van der Waals surface area contributed by atoms with Crippen LogP contribution in [0.1, 0.15) is 13.3 Å². The van der Waals surface area contributed by atoms with E-state index < -0.39 is 0 Å². The number of nitrogens with two attached hydrogens (primary N) is 1. The van der Waals surface area contributed by atoms with Gasteiger partial charge in [0.2, 0.25) is 0 Å². The molecular formula is C21H23NO. The summed E-state index contributed by atoms with van der Waals surface area (Å²) in [6.45, 7) is 2.25. The minimum atomic E-state index is 0.319. The molecule has 2 heteroatoms. The monoisotopic (exact) mass is 305 g/mol. The first kappa shape index (κ1) is 16.8. The number of nitrogen functional groups attached to an aromatic ring is 1. The Balaban J connectivity index is 0.000000433. The lowest BCUT2D eigenvalue weighted by atomic mass is 9.96. The molecule has 0 aliphatic rings. The van der Waals surface area contributed by atoms with Crippen LogP contribution in [0.25, 0.3) is 22.3 Å². The molecule has 0 atom stereocenters. The van der Waals surface area contributed by atoms with Crippen LogP contribution < -0.4 is 5.73 Å². The van der Waals surface area contributed by atoms with Crippen molar-refractivity contribution in [1.82, 2.24) is 0 Å². The first-order valence-electron chi connectivity index (χ1n) is 7.88. The molecule has 0 saturated heterocycles. The highest BCUT2D eigenvalue weighted by Crippen LogP contribution is 2.34. The molecule has 0 unspecified atom stereocenters. The SMILES string of the molecule is CCCO.Nc1c(-c2ccccc2)cccc1-c1ccccc1. The van der Waals surface area contributed by atoms with Gasteiger partial charge in [0.15, 0.2) is 0 Å². The molecule has 3 aromatic carbocycles. The van der Waals surface area contributed by atoms with Gasteiger partial charge in [-0.3, -0.25) is 0 Å². The van der Waals surface area contributed by atoms with Crippen molar-refractivity contribution < 1.29 is 5.11 Å². The van der Waals surface area contributed by atoms with E-state index in [0.717, 1.165) is 34.4 Å². The Morgan fingerprint density at radius 2 is 1.09 bits per heavy atom. The second kappa shape index (κ2) is 8.76. The van der Waals surface area contributed by atoms with Gasteiger partial charge in [0.05, 0.1) is 0 Å². The normalized spacial score (nSPS) is 9.83. The van der Waals surface area contributed by atoms with E-state index in [-0.39, 0.29) is 0 Å². The zero-order valence-corrected chi connectivity index (χ0v) is 13.4. The van der Waals surface area contributed by atoms with Gasteiger partial charge < -0.3 is 10.8 Å². The van der Waals surface area contributed by atoms with Crippen molar-refractivity contribution >= 4 is 5.69 Å². The molecule has 118 valence electrons. The molecule has 0 spiro atoms. The fourth-order valence-electron chi connectivity index (χ4n) is 2.30. The van der Waals surface area contributed by atoms with Gasteiger partial charge in [-0.2, -0.15) is 0 Å². The second-order valence-corrected chi connectivity index (χ2v) is 5.22. The number of hydrogen-bond acceptors (Lipinski definition) is 2. The van der Waals surface area contributed by atoms with Crippen molar-refractivity contribution in [2.45, 2.75) is 13.3 Å². The number of para-hydroxylation sites is 1. The molecule has 23 heavy (non-hydrogen) atoms. The molecule has 0 bridgehead atoms. The maximum absolute atomic E-state index is 7.88. The van der Waals surface area contributed by atoms with Crippen LogP contribution >= 0.6 is 0 Å². The van der Waals surface area contributed by atoms with Crippen molar-refractivity contribution in [3.8, 4) is 22.3 Å². The van der Waals surface area contributed by atoms with Crippen LogP contribution in [0, 0.1) is 0 Å². The quantitative estimate of drug-likeness (QED) is 0.669. The fraction of sp³-hybridized carbons (Fsp3) is 0.143. The minimum Gasteiger partial charge on any atom is -0.398 e. The fourth-order valence-corrected chi connectivity index (χ4v) is 2.30. The summed E-state index contributed by atoms with van der Waals surface area (Å²) in [5, 5.41) is 7.88. The molecule has 3 rings (SSSR count). The van der Waals surface area contributed by atoms with Crippen molar-refractivity contribution in [2.24, 2.45) is 0 Å². The van der Waals surface area contributed by atoms with E-state index in [1.807, 2.05) is 43.3 Å². The van der Waals surface area contributed by atoms with E-state index >= 15 is 0 Å². The summed E-state index contributed by atoms with van der Waals surface area (Å²) < 4.78 is 0. The zero-order chi connectivity index (χ0) is 16.5. The Kier molecular flexibility index (Phi) is 6.40. The average Bonchev–Trinajstić information content (AvgIpc) is 2.63. The lowest BCUT2D eigenvalue weighted by molar-refractivity contribution is 0.295. The van der Waals surface area contributed by atoms with Gasteiger partial charge in [-0.15, -0.1) is 0 Å². The van der Waals surface area contributed by atoms with Gasteiger partial charge >= 0.3 is 0 Å². The van der Waals surface area contributed by atoms with Crippen LogP contribution in [0.5, 0.6) is 0 Å². The molecule has 0 amide bonds. The van der Waals surface area contributed by atoms with Gasteiger partial charge in [-0.05, 0) is 17.5 Å². The second-order valence-electron chi connectivity index (χ2n) is 5.22. The van der Waals surface area contributed by atoms with E-state index in [1.165, 1.54) is 0 Å². The highest BCUT2D eigenvalue weighted by molar-refractivity contribution is 5.88. The van der Waals surface area contributed by atoms with E-state index in [1.54, 1.807) is 0 Å². The van der Waals surface area contributed by atoms with E-state index in [2.05, 4.69) is 42.5 Å². The lowest BCUT2D eigenvalue weighted by Gasteiger charge is -2.11. The highest BCUT2D eigenvalue weighted by Gasteiger charge is 2.07. The number of anilines is 1. The number of aliphatic hydroxyl groups excluding tert-OH is 1. The van der Waals surface area contributed by atoms with E-state index in [4.69, 9.17) is 10.8 Å². The maximum Gasteiger partial charge on any atom is 0.0473 e. The van der Waals surface area contributed by atoms with Crippen LogP contribution in [0.15, 0.2) is 78.9 Å². The molecule has 0 aliphatic carbocycles. The van der Waals surface area contributed by atoms with Gasteiger partial charge in [-0.1, -0.05) is 85.8 Å². The van der Waals surface area contributed by atoms with Crippen LogP contribution in [-0.2, 0) is 0 Å². The van der Waals surface area contributed by atoms with E-state index in [0.29, 0.717) is 6.61 Å². The average molecular weight is 305 g/mol. The topological polar surface area (TPSA) is 46.2 Å². The van der Waals surface area contributed by atoms with Gasteiger partial charge in [0.1, 0.15) is 0 Å². The van der Waals surface area contributed by atoms with Crippen molar-refractivity contribution in [3.63, 3.8) is 0 Å². The maximum atomic E-state index is 7.88. The summed E-state index contributed by atoms with van der Waals surface area (Å²) in [6.07, 6.45) is 0.875. The smallest absolute Gasteiger partial charge is 0.0473 e. The summed E-state index contributed by atoms with van der Waals surface area (Å²) in [7, 11) is 0. The lowest BCUT2D eigenvalue weighted by Crippen LogP contribution is -1.93. The first-order valence-corrected chi connectivity index (χ1v) is 7.88. The number of aliphatic hydroxyl groups is 1. The van der Waals surface area contributed by atoms with Crippen molar-refractivity contribution in [1.29, 1.82) is 0 Å². The number of rotatable bonds is 3. The van der Waals surface area contributed by atoms with Crippen LogP contribution in [0.3, 0.4) is 0 Å². The molecular weight excluding hydrogens is 282 g/mol. The highest BCUT2D eigenvalue weighted by atomic mass is 16.2. The van der Waals surface area contributed by atoms with E-state index in [9.17, 15) is 0 Å². The predicted octanol–water partition coefficient (Wildman–Crippen LogP) is 4.99. The third-order valence-corrected chi connectivity index (χ3v) is 3.50. The first-order chi connectivity index (χ1) is 11.3. The standard InChI is InChI=1S/C18H15N.C3H8O/c19-18-16(14-8-3-1-4-9-14)12-7-13-17(18)15-10-5-2-6-11-15;1-2-3-4/h1-13H,19H2;4H,2-3H2,1H3. The molecule has 0 aromatic heterocycles. The largest absolute Gasteiger partial charge is 0.398 e. The van der Waals surface area contributed by atoms with Gasteiger partial charge in [0, 0.05) is 23.4 Å². The zero-order valence-electron chi connectivity index (χ0n) is 13.4. The van der Waals surface area contributed by atoms with Crippen LogP contribution in [0.2, 0.25) is 0 Å². The number of benzene rings is 3. The Labute approximate surface area is 138 Å². The Bertz CT molecular complexity index is 649. The number of hydrogen-bond donors (Lipinski definition) is 2. The third kappa shape index (κ3) is 4.44. The summed E-state index contributed by atoms with van der Waals surface area (Å²) in [5.41, 5.74) is 11.7.